The SMILES string of the molecule is Fc1c(Br)cc(OCc2ccccc2)cc1C(F)(F)F. The molecule has 0 saturated heterocycles. The Morgan fingerprint density at radius 1 is 1.05 bits per heavy atom. The first-order valence-electron chi connectivity index (χ1n) is 5.61. The molecule has 0 aliphatic carbocycles. The van der Waals surface area contributed by atoms with Crippen molar-refractivity contribution in [3.05, 3.63) is 63.9 Å². The molecule has 0 bridgehead atoms. The Morgan fingerprint density at radius 2 is 1.70 bits per heavy atom. The molecule has 0 radical (unpaired) electrons. The fourth-order valence-corrected chi connectivity index (χ4v) is 2.03. The van der Waals surface area contributed by atoms with Crippen LogP contribution in [0.1, 0.15) is 11.1 Å². The minimum absolute atomic E-state index is 0.0468. The molecule has 106 valence electrons. The molecular formula is C14H9BrF4O. The quantitative estimate of drug-likeness (QED) is 0.694. The van der Waals surface area contributed by atoms with E-state index < -0.39 is 17.6 Å². The van der Waals surface area contributed by atoms with Crippen LogP contribution in [0, 0.1) is 5.82 Å². The van der Waals surface area contributed by atoms with Crippen molar-refractivity contribution in [2.75, 3.05) is 0 Å². The molecule has 0 aromatic heterocycles. The van der Waals surface area contributed by atoms with Gasteiger partial charge in [0.2, 0.25) is 0 Å². The highest BCUT2D eigenvalue weighted by Gasteiger charge is 2.35. The molecular weight excluding hydrogens is 340 g/mol. The van der Waals surface area contributed by atoms with Crippen LogP contribution in [0.4, 0.5) is 17.6 Å². The lowest BCUT2D eigenvalue weighted by Crippen LogP contribution is -2.09. The van der Waals surface area contributed by atoms with Gasteiger partial charge < -0.3 is 4.74 Å². The van der Waals surface area contributed by atoms with Gasteiger partial charge in [-0.2, -0.15) is 13.2 Å². The number of alkyl halides is 3. The summed E-state index contributed by atoms with van der Waals surface area (Å²) >= 11 is 2.76. The predicted molar refractivity (Wildman–Crippen MR) is 69.9 cm³/mol. The third-order valence-corrected chi connectivity index (χ3v) is 3.13. The number of hydrogen-bond donors (Lipinski definition) is 0. The average Bonchev–Trinajstić information content (AvgIpc) is 2.40. The lowest BCUT2D eigenvalue weighted by molar-refractivity contribution is -0.140. The van der Waals surface area contributed by atoms with Crippen LogP contribution in [0.2, 0.25) is 0 Å². The molecule has 0 atom stereocenters. The summed E-state index contributed by atoms with van der Waals surface area (Å²) in [5, 5.41) is 0. The summed E-state index contributed by atoms with van der Waals surface area (Å²) in [6.07, 6.45) is -4.77. The smallest absolute Gasteiger partial charge is 0.419 e. The maximum absolute atomic E-state index is 13.4. The van der Waals surface area contributed by atoms with Crippen LogP contribution in [-0.2, 0) is 12.8 Å². The lowest BCUT2D eigenvalue weighted by Gasteiger charge is -2.12. The second kappa shape index (κ2) is 5.83. The highest BCUT2D eigenvalue weighted by Crippen LogP contribution is 2.37. The van der Waals surface area contributed by atoms with E-state index in [1.165, 1.54) is 6.07 Å². The van der Waals surface area contributed by atoms with Crippen LogP contribution in [-0.4, -0.2) is 0 Å². The van der Waals surface area contributed by atoms with Gasteiger partial charge in [-0.15, -0.1) is 0 Å². The largest absolute Gasteiger partial charge is 0.489 e. The van der Waals surface area contributed by atoms with E-state index in [4.69, 9.17) is 4.74 Å². The van der Waals surface area contributed by atoms with Gasteiger partial charge in [0.1, 0.15) is 18.2 Å². The molecule has 0 fully saturated rings. The van der Waals surface area contributed by atoms with Crippen molar-refractivity contribution in [3.63, 3.8) is 0 Å². The van der Waals surface area contributed by atoms with Crippen LogP contribution in [0.5, 0.6) is 5.75 Å². The molecule has 1 nitrogen and oxygen atoms in total. The van der Waals surface area contributed by atoms with E-state index >= 15 is 0 Å². The summed E-state index contributed by atoms with van der Waals surface area (Å²) in [4.78, 5) is 0. The van der Waals surface area contributed by atoms with Crippen molar-refractivity contribution >= 4 is 15.9 Å². The number of hydrogen-bond acceptors (Lipinski definition) is 1. The van der Waals surface area contributed by atoms with Crippen molar-refractivity contribution in [1.82, 2.24) is 0 Å². The minimum Gasteiger partial charge on any atom is -0.489 e. The second-order valence-corrected chi connectivity index (χ2v) is 4.89. The second-order valence-electron chi connectivity index (χ2n) is 4.04. The molecule has 2 aromatic carbocycles. The van der Waals surface area contributed by atoms with Crippen LogP contribution in [0.25, 0.3) is 0 Å². The van der Waals surface area contributed by atoms with Crippen molar-refractivity contribution in [2.24, 2.45) is 0 Å². The van der Waals surface area contributed by atoms with Gasteiger partial charge >= 0.3 is 6.18 Å². The van der Waals surface area contributed by atoms with Gasteiger partial charge in [0.25, 0.3) is 0 Å². The summed E-state index contributed by atoms with van der Waals surface area (Å²) in [6, 6.07) is 10.8. The maximum Gasteiger partial charge on any atom is 0.419 e. The van der Waals surface area contributed by atoms with Gasteiger partial charge in [0.15, 0.2) is 0 Å². The average molecular weight is 349 g/mol. The summed E-state index contributed by atoms with van der Waals surface area (Å²) in [5.74, 6) is -1.39. The Morgan fingerprint density at radius 3 is 2.30 bits per heavy atom. The van der Waals surface area contributed by atoms with Gasteiger partial charge in [-0.25, -0.2) is 4.39 Å². The summed E-state index contributed by atoms with van der Waals surface area (Å²) in [5.41, 5.74) is -0.545. The third kappa shape index (κ3) is 3.50. The Balaban J connectivity index is 2.23. The van der Waals surface area contributed by atoms with Crippen LogP contribution >= 0.6 is 15.9 Å². The Kier molecular flexibility index (Phi) is 4.32. The maximum atomic E-state index is 13.4. The van der Waals surface area contributed by atoms with Crippen molar-refractivity contribution < 1.29 is 22.3 Å². The molecule has 0 unspecified atom stereocenters. The molecule has 6 heteroatoms. The van der Waals surface area contributed by atoms with E-state index in [-0.39, 0.29) is 16.8 Å². The zero-order valence-corrected chi connectivity index (χ0v) is 11.6. The van der Waals surface area contributed by atoms with E-state index in [1.807, 2.05) is 6.07 Å². The molecule has 0 N–H and O–H groups in total. The molecule has 0 aliphatic rings. The summed E-state index contributed by atoms with van der Waals surface area (Å²) < 4.78 is 56.4. The molecule has 0 spiro atoms. The molecule has 2 rings (SSSR count). The van der Waals surface area contributed by atoms with Crippen molar-refractivity contribution in [1.29, 1.82) is 0 Å². The van der Waals surface area contributed by atoms with E-state index in [0.717, 1.165) is 5.56 Å². The molecule has 0 saturated carbocycles. The molecule has 2 aromatic rings. The number of rotatable bonds is 3. The van der Waals surface area contributed by atoms with Gasteiger partial charge in [0.05, 0.1) is 10.0 Å². The predicted octanol–water partition coefficient (Wildman–Crippen LogP) is 5.19. The highest BCUT2D eigenvalue weighted by atomic mass is 79.9. The van der Waals surface area contributed by atoms with Crippen LogP contribution < -0.4 is 4.74 Å². The monoisotopic (exact) mass is 348 g/mol. The third-order valence-electron chi connectivity index (χ3n) is 2.56. The van der Waals surface area contributed by atoms with Gasteiger partial charge in [-0.05, 0) is 33.6 Å². The van der Waals surface area contributed by atoms with E-state index in [9.17, 15) is 17.6 Å². The molecule has 0 heterocycles. The first kappa shape index (κ1) is 14.8. The Labute approximate surface area is 121 Å². The first-order valence-corrected chi connectivity index (χ1v) is 6.40. The van der Waals surface area contributed by atoms with Crippen LogP contribution in [0.3, 0.4) is 0 Å². The van der Waals surface area contributed by atoms with E-state index in [2.05, 4.69) is 15.9 Å². The minimum atomic E-state index is -4.77. The topological polar surface area (TPSA) is 9.23 Å². The van der Waals surface area contributed by atoms with Crippen molar-refractivity contribution in [3.8, 4) is 5.75 Å². The lowest BCUT2D eigenvalue weighted by atomic mass is 10.2. The highest BCUT2D eigenvalue weighted by molar-refractivity contribution is 9.10. The van der Waals surface area contributed by atoms with Gasteiger partial charge in [-0.3, -0.25) is 0 Å². The van der Waals surface area contributed by atoms with Crippen molar-refractivity contribution in [2.45, 2.75) is 12.8 Å². The molecule has 0 aliphatic heterocycles. The summed E-state index contributed by atoms with van der Waals surface area (Å²) in [7, 11) is 0. The number of benzene rings is 2. The van der Waals surface area contributed by atoms with Gasteiger partial charge in [-0.1, -0.05) is 30.3 Å². The fourth-order valence-electron chi connectivity index (χ4n) is 1.59. The normalized spacial score (nSPS) is 11.4. The number of halogens is 5. The van der Waals surface area contributed by atoms with Gasteiger partial charge in [0, 0.05) is 0 Å². The molecule has 20 heavy (non-hydrogen) atoms. The zero-order valence-electron chi connectivity index (χ0n) is 10.0. The fraction of sp³-hybridized carbons (Fsp3) is 0.143. The van der Waals surface area contributed by atoms with Crippen LogP contribution in [0.15, 0.2) is 46.9 Å². The van der Waals surface area contributed by atoms with E-state index in [1.54, 1.807) is 24.3 Å². The standard InChI is InChI=1S/C14H9BrF4O/c15-12-7-10(6-11(13(12)16)14(17,18)19)20-8-9-4-2-1-3-5-9/h1-7H,8H2. The molecule has 0 amide bonds. The Bertz CT molecular complexity index is 596. The summed E-state index contributed by atoms with van der Waals surface area (Å²) in [6.45, 7) is 0.107. The van der Waals surface area contributed by atoms with E-state index in [0.29, 0.717) is 6.07 Å². The first-order chi connectivity index (χ1) is 9.38. The zero-order chi connectivity index (χ0) is 14.8. The number of ether oxygens (including phenoxy) is 1. The Hall–Kier alpha value is -1.56.